The van der Waals surface area contributed by atoms with Gasteiger partial charge in [0, 0.05) is 19.6 Å². The van der Waals surface area contributed by atoms with Crippen LogP contribution >= 0.6 is 23.5 Å². The Bertz CT molecular complexity index is 623. The molecule has 0 spiro atoms. The summed E-state index contributed by atoms with van der Waals surface area (Å²) in [5, 5.41) is 8.95. The largest absolute Gasteiger partial charge is 0.481 e. The van der Waals surface area contributed by atoms with Gasteiger partial charge in [-0.25, -0.2) is 0 Å². The maximum absolute atomic E-state index is 10.9. The van der Waals surface area contributed by atoms with Crippen molar-refractivity contribution in [2.24, 2.45) is 0 Å². The van der Waals surface area contributed by atoms with Crippen molar-refractivity contribution in [1.29, 1.82) is 0 Å². The van der Waals surface area contributed by atoms with E-state index < -0.39 is 5.97 Å². The van der Waals surface area contributed by atoms with E-state index in [1.807, 2.05) is 30.3 Å². The zero-order chi connectivity index (χ0) is 12.5. The van der Waals surface area contributed by atoms with E-state index in [4.69, 9.17) is 5.11 Å². The van der Waals surface area contributed by atoms with Gasteiger partial charge in [-0.1, -0.05) is 47.8 Å². The molecule has 2 aromatic carbocycles. The van der Waals surface area contributed by atoms with Gasteiger partial charge in [-0.2, -0.15) is 0 Å². The Morgan fingerprint density at radius 1 is 0.944 bits per heavy atom. The molecule has 4 heteroatoms. The second kappa shape index (κ2) is 4.71. The molecular formula is C14H10O2S2. The number of rotatable bonds is 2. The zero-order valence-electron chi connectivity index (χ0n) is 9.42. The van der Waals surface area contributed by atoms with Gasteiger partial charge < -0.3 is 5.11 Å². The third-order valence-electron chi connectivity index (χ3n) is 2.68. The number of fused-ring (bicyclic) bond motifs is 2. The number of aliphatic carboxylic acids is 1. The van der Waals surface area contributed by atoms with E-state index in [0.717, 1.165) is 15.4 Å². The minimum Gasteiger partial charge on any atom is -0.481 e. The smallest absolute Gasteiger partial charge is 0.307 e. The molecule has 2 aromatic rings. The number of benzene rings is 2. The van der Waals surface area contributed by atoms with Gasteiger partial charge in [0.2, 0.25) is 0 Å². The van der Waals surface area contributed by atoms with Crippen molar-refractivity contribution in [1.82, 2.24) is 0 Å². The topological polar surface area (TPSA) is 37.3 Å². The van der Waals surface area contributed by atoms with Crippen molar-refractivity contribution in [3.05, 3.63) is 48.0 Å². The Kier molecular flexibility index (Phi) is 3.06. The quantitative estimate of drug-likeness (QED) is 0.768. The van der Waals surface area contributed by atoms with Crippen LogP contribution in [0, 0.1) is 0 Å². The average molecular weight is 274 g/mol. The van der Waals surface area contributed by atoms with Crippen LogP contribution in [0.2, 0.25) is 0 Å². The molecule has 1 heterocycles. The summed E-state index contributed by atoms with van der Waals surface area (Å²) >= 11 is 3.38. The highest BCUT2D eigenvalue weighted by Crippen LogP contribution is 2.49. The second-order valence-electron chi connectivity index (χ2n) is 3.97. The van der Waals surface area contributed by atoms with Crippen molar-refractivity contribution in [3.63, 3.8) is 0 Å². The summed E-state index contributed by atoms with van der Waals surface area (Å²) in [6.45, 7) is 0. The maximum Gasteiger partial charge on any atom is 0.307 e. The summed E-state index contributed by atoms with van der Waals surface area (Å²) in [7, 11) is 0. The van der Waals surface area contributed by atoms with Crippen LogP contribution in [0.5, 0.6) is 0 Å². The van der Waals surface area contributed by atoms with Gasteiger partial charge in [0.25, 0.3) is 0 Å². The van der Waals surface area contributed by atoms with Crippen LogP contribution in [-0.4, -0.2) is 11.1 Å². The second-order valence-corrected chi connectivity index (χ2v) is 6.10. The number of hydrogen-bond acceptors (Lipinski definition) is 3. The molecule has 0 unspecified atom stereocenters. The van der Waals surface area contributed by atoms with E-state index >= 15 is 0 Å². The van der Waals surface area contributed by atoms with Crippen molar-refractivity contribution >= 4 is 29.5 Å². The van der Waals surface area contributed by atoms with E-state index in [1.165, 1.54) is 9.79 Å². The minimum absolute atomic E-state index is 0.0822. The first-order valence-electron chi connectivity index (χ1n) is 5.52. The number of carbonyl (C=O) groups is 1. The molecule has 90 valence electrons. The van der Waals surface area contributed by atoms with Gasteiger partial charge in [0.15, 0.2) is 0 Å². The first-order chi connectivity index (χ1) is 8.74. The normalized spacial score (nSPS) is 12.7. The lowest BCUT2D eigenvalue weighted by Crippen LogP contribution is -2.03. The highest BCUT2D eigenvalue weighted by atomic mass is 32.2. The van der Waals surface area contributed by atoms with Crippen LogP contribution in [-0.2, 0) is 11.2 Å². The zero-order valence-corrected chi connectivity index (χ0v) is 11.1. The monoisotopic (exact) mass is 274 g/mol. The van der Waals surface area contributed by atoms with Gasteiger partial charge in [-0.3, -0.25) is 4.79 Å². The maximum atomic E-state index is 10.9. The lowest BCUT2D eigenvalue weighted by molar-refractivity contribution is -0.136. The Hall–Kier alpha value is -1.39. The van der Waals surface area contributed by atoms with Gasteiger partial charge >= 0.3 is 5.97 Å². The number of carboxylic acid groups (broad SMARTS) is 1. The fraction of sp³-hybridized carbons (Fsp3) is 0.0714. The third-order valence-corrected chi connectivity index (χ3v) is 5.34. The van der Waals surface area contributed by atoms with Gasteiger partial charge in [-0.15, -0.1) is 0 Å². The molecule has 18 heavy (non-hydrogen) atoms. The first-order valence-corrected chi connectivity index (χ1v) is 7.16. The van der Waals surface area contributed by atoms with E-state index in [9.17, 15) is 4.79 Å². The summed E-state index contributed by atoms with van der Waals surface area (Å²) in [6, 6.07) is 14.1. The summed E-state index contributed by atoms with van der Waals surface area (Å²) in [5.74, 6) is -0.784. The van der Waals surface area contributed by atoms with Gasteiger partial charge in [0.05, 0.1) is 6.42 Å². The predicted octanol–water partition coefficient (Wildman–Crippen LogP) is 3.93. The molecule has 0 fully saturated rings. The van der Waals surface area contributed by atoms with E-state index in [1.54, 1.807) is 23.5 Å². The molecule has 0 aliphatic carbocycles. The molecule has 0 atom stereocenters. The number of carboxylic acids is 1. The molecule has 1 N–H and O–H groups in total. The Morgan fingerprint density at radius 3 is 2.33 bits per heavy atom. The molecule has 1 aliphatic heterocycles. The molecule has 0 aromatic heterocycles. The van der Waals surface area contributed by atoms with Crippen LogP contribution in [0.25, 0.3) is 0 Å². The molecule has 0 bridgehead atoms. The van der Waals surface area contributed by atoms with Crippen LogP contribution in [0.1, 0.15) is 5.56 Å². The van der Waals surface area contributed by atoms with Crippen LogP contribution < -0.4 is 0 Å². The summed E-state index contributed by atoms with van der Waals surface area (Å²) < 4.78 is 0. The number of hydrogen-bond donors (Lipinski definition) is 1. The van der Waals surface area contributed by atoms with E-state index in [0.29, 0.717) is 0 Å². The van der Waals surface area contributed by atoms with Crippen LogP contribution in [0.15, 0.2) is 62.0 Å². The Morgan fingerprint density at radius 2 is 1.61 bits per heavy atom. The minimum atomic E-state index is -0.784. The highest BCUT2D eigenvalue weighted by Gasteiger charge is 2.19. The molecule has 0 saturated carbocycles. The standard InChI is InChI=1S/C14H10O2S2/c15-13(16)8-9-4-3-7-12-14(9)18-11-6-2-1-5-10(11)17-12/h1-7H,8H2,(H,15,16). The van der Waals surface area contributed by atoms with Crippen molar-refractivity contribution < 1.29 is 9.90 Å². The van der Waals surface area contributed by atoms with Gasteiger partial charge in [-0.05, 0) is 23.8 Å². The predicted molar refractivity (Wildman–Crippen MR) is 72.5 cm³/mol. The Labute approximate surface area is 113 Å². The fourth-order valence-corrected chi connectivity index (χ4v) is 4.30. The molecule has 0 amide bonds. The fourth-order valence-electron chi connectivity index (χ4n) is 1.91. The van der Waals surface area contributed by atoms with Crippen molar-refractivity contribution in [2.75, 3.05) is 0 Å². The molecular weight excluding hydrogens is 264 g/mol. The molecule has 0 radical (unpaired) electrons. The SMILES string of the molecule is O=C(O)Cc1cccc2c1Sc1ccccc1S2. The van der Waals surface area contributed by atoms with Crippen molar-refractivity contribution in [2.45, 2.75) is 26.0 Å². The summed E-state index contributed by atoms with van der Waals surface area (Å²) in [5.41, 5.74) is 0.895. The van der Waals surface area contributed by atoms with Crippen LogP contribution in [0.3, 0.4) is 0 Å². The highest BCUT2D eigenvalue weighted by molar-refractivity contribution is 8.05. The lowest BCUT2D eigenvalue weighted by Gasteiger charge is -2.20. The van der Waals surface area contributed by atoms with Crippen molar-refractivity contribution in [3.8, 4) is 0 Å². The van der Waals surface area contributed by atoms with Gasteiger partial charge in [0.1, 0.15) is 0 Å². The lowest BCUT2D eigenvalue weighted by atomic mass is 10.1. The molecule has 1 aliphatic rings. The van der Waals surface area contributed by atoms with Crippen LogP contribution in [0.4, 0.5) is 0 Å². The molecule has 3 rings (SSSR count). The molecule has 2 nitrogen and oxygen atoms in total. The molecule has 0 saturated heterocycles. The van der Waals surface area contributed by atoms with E-state index in [-0.39, 0.29) is 6.42 Å². The first kappa shape index (κ1) is 11.7. The third kappa shape index (κ3) is 2.13. The average Bonchev–Trinajstić information content (AvgIpc) is 2.36. The summed E-state index contributed by atoms with van der Waals surface area (Å²) in [4.78, 5) is 15.6. The Balaban J connectivity index is 2.04. The summed E-state index contributed by atoms with van der Waals surface area (Å²) in [6.07, 6.45) is 0.0822. The van der Waals surface area contributed by atoms with E-state index in [2.05, 4.69) is 12.1 Å².